The van der Waals surface area contributed by atoms with Crippen LogP contribution in [0.2, 0.25) is 0 Å². The Labute approximate surface area is 139 Å². The van der Waals surface area contributed by atoms with E-state index in [0.717, 1.165) is 5.69 Å². The highest BCUT2D eigenvalue weighted by Gasteiger charge is 2.34. The van der Waals surface area contributed by atoms with Gasteiger partial charge in [0.05, 0.1) is 17.3 Å². The molecule has 7 heteroatoms. The van der Waals surface area contributed by atoms with E-state index in [1.54, 1.807) is 16.5 Å². The maximum absolute atomic E-state index is 12.8. The molecule has 7 nitrogen and oxygen atoms in total. The number of hydrogen-bond acceptors (Lipinski definition) is 4. The number of hydrogen-bond donors (Lipinski definition) is 1. The van der Waals surface area contributed by atoms with Crippen molar-refractivity contribution in [1.29, 1.82) is 0 Å². The van der Waals surface area contributed by atoms with Crippen molar-refractivity contribution in [1.82, 2.24) is 19.9 Å². The number of rotatable bonds is 3. The average Bonchev–Trinajstić information content (AvgIpc) is 2.96. The summed E-state index contributed by atoms with van der Waals surface area (Å²) in [7, 11) is 0. The zero-order chi connectivity index (χ0) is 17.3. The molecule has 2 heterocycles. The Morgan fingerprint density at radius 2 is 1.92 bits per heavy atom. The van der Waals surface area contributed by atoms with Crippen LogP contribution in [0.15, 0.2) is 30.3 Å². The van der Waals surface area contributed by atoms with E-state index in [2.05, 4.69) is 10.3 Å². The molecule has 0 aliphatic carbocycles. The summed E-state index contributed by atoms with van der Waals surface area (Å²) in [4.78, 5) is 25.7. The third-order valence-electron chi connectivity index (χ3n) is 4.39. The van der Waals surface area contributed by atoms with Gasteiger partial charge in [0.25, 0.3) is 5.91 Å². The number of benzene rings is 1. The quantitative estimate of drug-likeness (QED) is 0.927. The fraction of sp³-hybridized carbons (Fsp3) is 0.412. The van der Waals surface area contributed by atoms with Crippen LogP contribution in [0.3, 0.4) is 0 Å². The Morgan fingerprint density at radius 3 is 2.58 bits per heavy atom. The molecule has 1 fully saturated rings. The lowest BCUT2D eigenvalue weighted by Crippen LogP contribution is -2.45. The molecule has 1 N–H and O–H groups in total. The number of aromatic nitrogens is 3. The Kier molecular flexibility index (Phi) is 4.33. The van der Waals surface area contributed by atoms with Gasteiger partial charge in [-0.15, -0.1) is 5.10 Å². The van der Waals surface area contributed by atoms with E-state index in [1.165, 1.54) is 0 Å². The number of piperidine rings is 1. The summed E-state index contributed by atoms with van der Waals surface area (Å²) in [6, 6.07) is 9.46. The van der Waals surface area contributed by atoms with Crippen molar-refractivity contribution in [3.63, 3.8) is 0 Å². The van der Waals surface area contributed by atoms with E-state index >= 15 is 0 Å². The van der Waals surface area contributed by atoms with Crippen LogP contribution in [-0.2, 0) is 4.79 Å². The number of likely N-dealkylation sites (tertiary alicyclic amines) is 1. The summed E-state index contributed by atoms with van der Waals surface area (Å²) in [5, 5.41) is 17.4. The first-order chi connectivity index (χ1) is 11.5. The molecule has 1 amide bonds. The molecule has 3 rings (SSSR count). The number of amides is 1. The van der Waals surface area contributed by atoms with Gasteiger partial charge in [-0.3, -0.25) is 9.59 Å². The number of para-hydroxylation sites is 1. The molecule has 1 aliphatic heterocycles. The molecule has 2 unspecified atom stereocenters. The van der Waals surface area contributed by atoms with E-state index < -0.39 is 11.9 Å². The fourth-order valence-corrected chi connectivity index (χ4v) is 3.19. The highest BCUT2D eigenvalue weighted by molar-refractivity contribution is 5.93. The monoisotopic (exact) mass is 328 g/mol. The van der Waals surface area contributed by atoms with Gasteiger partial charge in [0, 0.05) is 13.1 Å². The topological polar surface area (TPSA) is 88.3 Å². The summed E-state index contributed by atoms with van der Waals surface area (Å²) in [5.41, 5.74) is 1.75. The largest absolute Gasteiger partial charge is 0.481 e. The van der Waals surface area contributed by atoms with Crippen LogP contribution >= 0.6 is 0 Å². The number of carboxylic acids is 1. The second kappa shape index (κ2) is 6.43. The van der Waals surface area contributed by atoms with E-state index in [9.17, 15) is 14.7 Å². The molecule has 1 saturated heterocycles. The van der Waals surface area contributed by atoms with Crippen molar-refractivity contribution < 1.29 is 14.7 Å². The minimum absolute atomic E-state index is 0.147. The molecule has 0 bridgehead atoms. The van der Waals surface area contributed by atoms with Gasteiger partial charge in [0.15, 0.2) is 5.69 Å². The van der Waals surface area contributed by atoms with Crippen LogP contribution < -0.4 is 0 Å². The maximum Gasteiger partial charge on any atom is 0.308 e. The van der Waals surface area contributed by atoms with Gasteiger partial charge >= 0.3 is 5.97 Å². The summed E-state index contributed by atoms with van der Waals surface area (Å²) in [6.07, 6.45) is 0.592. The third-order valence-corrected chi connectivity index (χ3v) is 4.39. The van der Waals surface area contributed by atoms with E-state index in [4.69, 9.17) is 0 Å². The molecule has 24 heavy (non-hydrogen) atoms. The lowest BCUT2D eigenvalue weighted by atomic mass is 9.90. The zero-order valence-corrected chi connectivity index (χ0v) is 13.7. The summed E-state index contributed by atoms with van der Waals surface area (Å²) in [5.74, 6) is -1.49. The van der Waals surface area contributed by atoms with Crippen LogP contribution in [0, 0.1) is 18.8 Å². The molecule has 1 aromatic heterocycles. The molecule has 0 radical (unpaired) electrons. The third kappa shape index (κ3) is 3.02. The highest BCUT2D eigenvalue weighted by Crippen LogP contribution is 2.24. The van der Waals surface area contributed by atoms with Gasteiger partial charge in [-0.05, 0) is 31.4 Å². The molecule has 126 valence electrons. The SMILES string of the molecule is Cc1c(C(=O)N2CC(C)CC(C(=O)O)C2)nnn1-c1ccccc1. The Bertz CT molecular complexity index is 756. The summed E-state index contributed by atoms with van der Waals surface area (Å²) >= 11 is 0. The van der Waals surface area contributed by atoms with Crippen molar-refractivity contribution in [2.45, 2.75) is 20.3 Å². The molecule has 1 aliphatic rings. The second-order valence-electron chi connectivity index (χ2n) is 6.36. The lowest BCUT2D eigenvalue weighted by Gasteiger charge is -2.34. The van der Waals surface area contributed by atoms with E-state index in [1.807, 2.05) is 37.3 Å². The zero-order valence-electron chi connectivity index (χ0n) is 13.7. The minimum atomic E-state index is -0.857. The lowest BCUT2D eigenvalue weighted by molar-refractivity contribution is -0.143. The second-order valence-corrected chi connectivity index (χ2v) is 6.36. The average molecular weight is 328 g/mol. The summed E-state index contributed by atoms with van der Waals surface area (Å²) < 4.78 is 1.62. The van der Waals surface area contributed by atoms with Crippen LogP contribution in [0.1, 0.15) is 29.5 Å². The highest BCUT2D eigenvalue weighted by atomic mass is 16.4. The normalized spacial score (nSPS) is 20.8. The van der Waals surface area contributed by atoms with Gasteiger partial charge in [0.2, 0.25) is 0 Å². The van der Waals surface area contributed by atoms with Crippen molar-refractivity contribution in [3.05, 3.63) is 41.7 Å². The van der Waals surface area contributed by atoms with Crippen molar-refractivity contribution in [2.24, 2.45) is 11.8 Å². The van der Waals surface area contributed by atoms with E-state index in [-0.39, 0.29) is 24.1 Å². The summed E-state index contributed by atoms with van der Waals surface area (Å²) in [6.45, 7) is 4.52. The van der Waals surface area contributed by atoms with Gasteiger partial charge in [-0.2, -0.15) is 0 Å². The van der Waals surface area contributed by atoms with Crippen molar-refractivity contribution in [3.8, 4) is 5.69 Å². The molecule has 0 saturated carbocycles. The van der Waals surface area contributed by atoms with Gasteiger partial charge in [-0.25, -0.2) is 4.68 Å². The number of carboxylic acid groups (broad SMARTS) is 1. The number of nitrogens with zero attached hydrogens (tertiary/aromatic N) is 4. The molecule has 1 aromatic carbocycles. The number of carbonyl (C=O) groups is 2. The van der Waals surface area contributed by atoms with Gasteiger partial charge in [0.1, 0.15) is 0 Å². The standard InChI is InChI=1S/C17H20N4O3/c1-11-8-13(17(23)24)10-20(9-11)16(22)15-12(2)21(19-18-15)14-6-4-3-5-7-14/h3-7,11,13H,8-10H2,1-2H3,(H,23,24). The van der Waals surface area contributed by atoms with E-state index in [0.29, 0.717) is 18.7 Å². The molecule has 0 spiro atoms. The molecule has 2 aromatic rings. The minimum Gasteiger partial charge on any atom is -0.481 e. The Morgan fingerprint density at radius 1 is 1.21 bits per heavy atom. The first-order valence-corrected chi connectivity index (χ1v) is 7.97. The molecular formula is C17H20N4O3. The van der Waals surface area contributed by atoms with Crippen LogP contribution in [-0.4, -0.2) is 50.0 Å². The smallest absolute Gasteiger partial charge is 0.308 e. The first-order valence-electron chi connectivity index (χ1n) is 7.97. The maximum atomic E-state index is 12.8. The van der Waals surface area contributed by atoms with Gasteiger partial charge in [-0.1, -0.05) is 30.3 Å². The fourth-order valence-electron chi connectivity index (χ4n) is 3.19. The van der Waals surface area contributed by atoms with Crippen molar-refractivity contribution in [2.75, 3.05) is 13.1 Å². The predicted octanol–water partition coefficient (Wildman–Crippen LogP) is 1.76. The predicted molar refractivity (Wildman–Crippen MR) is 86.9 cm³/mol. The van der Waals surface area contributed by atoms with Gasteiger partial charge < -0.3 is 10.0 Å². The number of aliphatic carboxylic acids is 1. The molecular weight excluding hydrogens is 308 g/mol. The Hall–Kier alpha value is -2.70. The molecule has 2 atom stereocenters. The van der Waals surface area contributed by atoms with Crippen molar-refractivity contribution >= 4 is 11.9 Å². The Balaban J connectivity index is 1.85. The number of carbonyl (C=O) groups excluding carboxylic acids is 1. The first kappa shape index (κ1) is 16.2. The van der Waals surface area contributed by atoms with Crippen LogP contribution in [0.5, 0.6) is 0 Å². The van der Waals surface area contributed by atoms with Crippen LogP contribution in [0.4, 0.5) is 0 Å². The van der Waals surface area contributed by atoms with Crippen LogP contribution in [0.25, 0.3) is 5.69 Å².